The molecule has 2 aromatic rings. The van der Waals surface area contributed by atoms with Crippen LogP contribution in [0.2, 0.25) is 0 Å². The third-order valence-corrected chi connectivity index (χ3v) is 2.59. The summed E-state index contributed by atoms with van der Waals surface area (Å²) >= 11 is 0. The van der Waals surface area contributed by atoms with Crippen molar-refractivity contribution in [2.75, 3.05) is 0 Å². The Morgan fingerprint density at radius 2 is 1.86 bits per heavy atom. The summed E-state index contributed by atoms with van der Waals surface area (Å²) in [6.07, 6.45) is 1.13. The van der Waals surface area contributed by atoms with Crippen molar-refractivity contribution in [3.63, 3.8) is 0 Å². The van der Waals surface area contributed by atoms with E-state index >= 15 is 0 Å². The molecule has 0 saturated carbocycles. The van der Waals surface area contributed by atoms with Crippen LogP contribution in [-0.2, 0) is 16.1 Å². The van der Waals surface area contributed by atoms with Crippen molar-refractivity contribution < 1.29 is 23.8 Å². The summed E-state index contributed by atoms with van der Waals surface area (Å²) in [6.45, 7) is 1.21. The molecule has 1 aromatic carbocycles. The van der Waals surface area contributed by atoms with Gasteiger partial charge in [-0.05, 0) is 11.6 Å². The number of hydrogen-bond acceptors (Lipinski definition) is 5. The van der Waals surface area contributed by atoms with Crippen LogP contribution in [0.3, 0.4) is 0 Å². The second-order valence-corrected chi connectivity index (χ2v) is 4.21. The second-order valence-electron chi connectivity index (χ2n) is 4.21. The van der Waals surface area contributed by atoms with E-state index in [2.05, 4.69) is 0 Å². The average molecular weight is 287 g/mol. The zero-order valence-electron chi connectivity index (χ0n) is 11.3. The molecule has 0 radical (unpaired) electrons. The van der Waals surface area contributed by atoms with E-state index in [1.807, 2.05) is 18.2 Å². The number of ether oxygens (including phenoxy) is 2. The molecular weight excluding hydrogens is 274 g/mol. The van der Waals surface area contributed by atoms with E-state index in [-0.39, 0.29) is 18.1 Å². The van der Waals surface area contributed by atoms with Crippen molar-refractivity contribution in [1.82, 2.24) is 0 Å². The predicted octanol–water partition coefficient (Wildman–Crippen LogP) is 1.60. The Morgan fingerprint density at radius 1 is 1.14 bits per heavy atom. The van der Waals surface area contributed by atoms with Crippen LogP contribution in [0.4, 0.5) is 0 Å². The predicted molar refractivity (Wildman–Crippen MR) is 72.3 cm³/mol. The summed E-state index contributed by atoms with van der Waals surface area (Å²) in [5.41, 5.74) is 0.712. The quantitative estimate of drug-likeness (QED) is 0.485. The Bertz CT molecular complexity index is 654. The first kappa shape index (κ1) is 14.5. The molecule has 6 heteroatoms. The topological polar surface area (TPSA) is 79.5 Å². The number of carbonyl (C=O) groups excluding carboxylic acids is 2. The van der Waals surface area contributed by atoms with Gasteiger partial charge in [-0.2, -0.15) is 0 Å². The fourth-order valence-electron chi connectivity index (χ4n) is 1.67. The Kier molecular flexibility index (Phi) is 4.50. The maximum absolute atomic E-state index is 12.0. The van der Waals surface area contributed by atoms with Crippen molar-refractivity contribution in [2.24, 2.45) is 0 Å². The maximum atomic E-state index is 12.0. The number of benzene rings is 1. The standard InChI is InChI=1S/C15H13NO5/c1-11(17)21-14-13(8-5-9-16(14)19)15(18)20-10-12-6-3-2-4-7-12/h2-9H,10H2,1H3. The monoisotopic (exact) mass is 287 g/mol. The SMILES string of the molecule is CC(=O)Oc1c(C(=O)OCc2ccccc2)ccc[n+]1[O-]. The van der Waals surface area contributed by atoms with Crippen molar-refractivity contribution in [3.8, 4) is 5.88 Å². The van der Waals surface area contributed by atoms with E-state index in [0.29, 0.717) is 4.73 Å². The molecule has 0 atom stereocenters. The van der Waals surface area contributed by atoms with Crippen LogP contribution in [0.15, 0.2) is 48.7 Å². The molecular formula is C15H13NO5. The zero-order chi connectivity index (χ0) is 15.2. The van der Waals surface area contributed by atoms with Gasteiger partial charge in [0.25, 0.3) is 0 Å². The minimum Gasteiger partial charge on any atom is -0.616 e. The number of hydrogen-bond donors (Lipinski definition) is 0. The molecule has 6 nitrogen and oxygen atoms in total. The van der Waals surface area contributed by atoms with Crippen LogP contribution in [-0.4, -0.2) is 11.9 Å². The smallest absolute Gasteiger partial charge is 0.402 e. The number of esters is 2. The summed E-state index contributed by atoms with van der Waals surface area (Å²) in [5.74, 6) is -1.81. The summed E-state index contributed by atoms with van der Waals surface area (Å²) in [4.78, 5) is 23.0. The van der Waals surface area contributed by atoms with Crippen molar-refractivity contribution in [3.05, 3.63) is 65.0 Å². The van der Waals surface area contributed by atoms with E-state index in [9.17, 15) is 14.8 Å². The van der Waals surface area contributed by atoms with Gasteiger partial charge in [0, 0.05) is 13.0 Å². The van der Waals surface area contributed by atoms with Gasteiger partial charge < -0.3 is 14.7 Å². The Morgan fingerprint density at radius 3 is 2.52 bits per heavy atom. The fourth-order valence-corrected chi connectivity index (χ4v) is 1.67. The molecule has 1 heterocycles. The number of pyridine rings is 1. The normalized spacial score (nSPS) is 9.95. The van der Waals surface area contributed by atoms with Crippen molar-refractivity contribution >= 4 is 11.9 Å². The third-order valence-electron chi connectivity index (χ3n) is 2.59. The lowest BCUT2D eigenvalue weighted by atomic mass is 10.2. The Hall–Kier alpha value is -2.89. The summed E-state index contributed by atoms with van der Waals surface area (Å²) in [5, 5.41) is 11.6. The van der Waals surface area contributed by atoms with Crippen LogP contribution in [0, 0.1) is 5.21 Å². The van der Waals surface area contributed by atoms with Gasteiger partial charge in [0.2, 0.25) is 0 Å². The van der Waals surface area contributed by atoms with Crippen molar-refractivity contribution in [1.29, 1.82) is 0 Å². The molecule has 0 unspecified atom stereocenters. The summed E-state index contributed by atoms with van der Waals surface area (Å²) in [7, 11) is 0. The van der Waals surface area contributed by atoms with Crippen LogP contribution in [0.25, 0.3) is 0 Å². The van der Waals surface area contributed by atoms with Crippen LogP contribution in [0.5, 0.6) is 5.88 Å². The summed E-state index contributed by atoms with van der Waals surface area (Å²) in [6, 6.07) is 11.8. The molecule has 0 aliphatic carbocycles. The molecule has 0 aliphatic rings. The van der Waals surface area contributed by atoms with E-state index < -0.39 is 11.9 Å². The highest BCUT2D eigenvalue weighted by Gasteiger charge is 2.23. The minimum absolute atomic E-state index is 0.0624. The van der Waals surface area contributed by atoms with Gasteiger partial charge in [-0.3, -0.25) is 4.79 Å². The first-order valence-corrected chi connectivity index (χ1v) is 6.19. The Labute approximate surface area is 121 Å². The summed E-state index contributed by atoms with van der Waals surface area (Å²) < 4.78 is 10.2. The van der Waals surface area contributed by atoms with E-state index in [1.165, 1.54) is 12.1 Å². The first-order valence-electron chi connectivity index (χ1n) is 6.19. The Balaban J connectivity index is 2.15. The van der Waals surface area contributed by atoms with Gasteiger partial charge in [0.1, 0.15) is 6.61 Å². The minimum atomic E-state index is -0.736. The lowest BCUT2D eigenvalue weighted by molar-refractivity contribution is -0.611. The molecule has 0 amide bonds. The van der Waals surface area contributed by atoms with Gasteiger partial charge in [-0.15, -0.1) is 4.73 Å². The maximum Gasteiger partial charge on any atom is 0.402 e. The lowest BCUT2D eigenvalue weighted by Gasteiger charge is -2.08. The molecule has 0 saturated heterocycles. The molecule has 0 bridgehead atoms. The van der Waals surface area contributed by atoms with Crippen LogP contribution < -0.4 is 9.47 Å². The molecule has 0 aliphatic heterocycles. The highest BCUT2D eigenvalue weighted by molar-refractivity contribution is 5.92. The largest absolute Gasteiger partial charge is 0.616 e. The van der Waals surface area contributed by atoms with E-state index in [1.54, 1.807) is 12.1 Å². The average Bonchev–Trinajstić information content (AvgIpc) is 2.47. The highest BCUT2D eigenvalue weighted by Crippen LogP contribution is 2.15. The number of carbonyl (C=O) groups is 2. The van der Waals surface area contributed by atoms with E-state index in [0.717, 1.165) is 18.7 Å². The first-order chi connectivity index (χ1) is 10.1. The second kappa shape index (κ2) is 6.51. The molecule has 0 fully saturated rings. The fraction of sp³-hybridized carbons (Fsp3) is 0.133. The van der Waals surface area contributed by atoms with Gasteiger partial charge in [0.05, 0.1) is 0 Å². The number of aromatic nitrogens is 1. The molecule has 21 heavy (non-hydrogen) atoms. The lowest BCUT2D eigenvalue weighted by Crippen LogP contribution is -2.32. The molecule has 108 valence electrons. The molecule has 0 spiro atoms. The van der Waals surface area contributed by atoms with Gasteiger partial charge in [0.15, 0.2) is 11.8 Å². The van der Waals surface area contributed by atoms with Crippen LogP contribution in [0.1, 0.15) is 22.8 Å². The van der Waals surface area contributed by atoms with Crippen molar-refractivity contribution in [2.45, 2.75) is 13.5 Å². The van der Waals surface area contributed by atoms with Gasteiger partial charge in [-0.1, -0.05) is 30.3 Å². The van der Waals surface area contributed by atoms with Crippen LogP contribution >= 0.6 is 0 Å². The number of nitrogens with zero attached hydrogens (tertiary/aromatic N) is 1. The third kappa shape index (κ3) is 3.79. The zero-order valence-corrected chi connectivity index (χ0v) is 11.3. The van der Waals surface area contributed by atoms with E-state index in [4.69, 9.17) is 9.47 Å². The van der Waals surface area contributed by atoms with Gasteiger partial charge in [-0.25, -0.2) is 4.79 Å². The molecule has 0 N–H and O–H groups in total. The molecule has 1 aromatic heterocycles. The number of rotatable bonds is 4. The highest BCUT2D eigenvalue weighted by atomic mass is 16.6. The molecule has 2 rings (SSSR count). The van der Waals surface area contributed by atoms with Gasteiger partial charge >= 0.3 is 17.8 Å².